The number of nitrogens with one attached hydrogen (secondary N) is 3. The third-order valence-electron chi connectivity index (χ3n) is 3.82. The third kappa shape index (κ3) is 4.62. The van der Waals surface area contributed by atoms with Crippen LogP contribution in [0, 0.1) is 0 Å². The van der Waals surface area contributed by atoms with E-state index in [9.17, 15) is 0 Å². The molecular weight excluding hydrogens is 280 g/mol. The van der Waals surface area contributed by atoms with Crippen molar-refractivity contribution in [1.82, 2.24) is 20.9 Å². The van der Waals surface area contributed by atoms with Crippen LogP contribution < -0.4 is 20.7 Å². The summed E-state index contributed by atoms with van der Waals surface area (Å²) in [5.41, 5.74) is 1.23. The first kappa shape index (κ1) is 15.1. The van der Waals surface area contributed by atoms with Gasteiger partial charge in [0.15, 0.2) is 6.29 Å². The zero-order valence-corrected chi connectivity index (χ0v) is 12.8. The van der Waals surface area contributed by atoms with E-state index in [4.69, 9.17) is 9.47 Å². The zero-order chi connectivity index (χ0) is 15.0. The Kier molecular flexibility index (Phi) is 5.53. The van der Waals surface area contributed by atoms with E-state index < -0.39 is 0 Å². The Balaban J connectivity index is 1.35. The van der Waals surface area contributed by atoms with Crippen LogP contribution in [-0.4, -0.2) is 50.6 Å². The van der Waals surface area contributed by atoms with Gasteiger partial charge in [0.1, 0.15) is 12.4 Å². The first-order chi connectivity index (χ1) is 10.9. The van der Waals surface area contributed by atoms with Crippen LogP contribution in [0.2, 0.25) is 0 Å². The van der Waals surface area contributed by atoms with E-state index >= 15 is 0 Å². The SMILES string of the molecule is C1=CNC(NCc2ccc(OCCN3CCOCC3)cc2)N1. The molecule has 1 aromatic carbocycles. The highest BCUT2D eigenvalue weighted by Gasteiger charge is 2.10. The van der Waals surface area contributed by atoms with Crippen LogP contribution in [0.5, 0.6) is 5.75 Å². The van der Waals surface area contributed by atoms with Crippen molar-refractivity contribution in [1.29, 1.82) is 0 Å². The molecule has 2 aliphatic rings. The van der Waals surface area contributed by atoms with Crippen molar-refractivity contribution >= 4 is 0 Å². The lowest BCUT2D eigenvalue weighted by molar-refractivity contribution is 0.0322. The summed E-state index contributed by atoms with van der Waals surface area (Å²) in [6.07, 6.45) is 3.90. The number of ether oxygens (including phenoxy) is 2. The minimum atomic E-state index is 0.115. The van der Waals surface area contributed by atoms with Gasteiger partial charge < -0.3 is 20.1 Å². The molecule has 0 unspecified atom stereocenters. The number of morpholine rings is 1. The van der Waals surface area contributed by atoms with Crippen molar-refractivity contribution in [3.8, 4) is 5.75 Å². The molecule has 2 heterocycles. The lowest BCUT2D eigenvalue weighted by atomic mass is 10.2. The van der Waals surface area contributed by atoms with Crippen LogP contribution in [0.15, 0.2) is 36.7 Å². The summed E-state index contributed by atoms with van der Waals surface area (Å²) < 4.78 is 11.1. The summed E-state index contributed by atoms with van der Waals surface area (Å²) in [7, 11) is 0. The highest BCUT2D eigenvalue weighted by atomic mass is 16.5. The highest BCUT2D eigenvalue weighted by molar-refractivity contribution is 5.27. The molecule has 3 rings (SSSR count). The molecule has 0 aromatic heterocycles. The van der Waals surface area contributed by atoms with Crippen LogP contribution in [0.1, 0.15) is 5.56 Å². The maximum Gasteiger partial charge on any atom is 0.152 e. The van der Waals surface area contributed by atoms with E-state index in [1.807, 2.05) is 24.5 Å². The molecule has 0 spiro atoms. The van der Waals surface area contributed by atoms with E-state index in [-0.39, 0.29) is 6.29 Å². The van der Waals surface area contributed by atoms with Crippen LogP contribution in [-0.2, 0) is 11.3 Å². The van der Waals surface area contributed by atoms with Gasteiger partial charge in [-0.15, -0.1) is 0 Å². The van der Waals surface area contributed by atoms with Crippen molar-refractivity contribution in [2.24, 2.45) is 0 Å². The predicted molar refractivity (Wildman–Crippen MR) is 85.2 cm³/mol. The number of rotatable bonds is 7. The lowest BCUT2D eigenvalue weighted by Crippen LogP contribution is -2.44. The second-order valence-corrected chi connectivity index (χ2v) is 5.43. The molecule has 0 amide bonds. The lowest BCUT2D eigenvalue weighted by Gasteiger charge is -2.26. The van der Waals surface area contributed by atoms with Gasteiger partial charge in [0.2, 0.25) is 0 Å². The topological polar surface area (TPSA) is 57.8 Å². The van der Waals surface area contributed by atoms with Crippen LogP contribution in [0.25, 0.3) is 0 Å². The summed E-state index contributed by atoms with van der Waals surface area (Å²) in [6.45, 7) is 6.17. The molecular formula is C16H24N4O2. The standard InChI is InChI=1S/C16H24N4O2/c1-3-15(22-12-9-20-7-10-21-11-8-20)4-2-14(1)13-19-16-17-5-6-18-16/h1-6,16-19H,7-13H2. The molecule has 0 saturated carbocycles. The Labute approximate surface area is 131 Å². The zero-order valence-electron chi connectivity index (χ0n) is 12.8. The molecule has 22 heavy (non-hydrogen) atoms. The first-order valence-corrected chi connectivity index (χ1v) is 7.82. The Hall–Kier alpha value is -1.76. The summed E-state index contributed by atoms with van der Waals surface area (Å²) >= 11 is 0. The van der Waals surface area contributed by atoms with E-state index in [1.54, 1.807) is 0 Å². The van der Waals surface area contributed by atoms with Gasteiger partial charge in [-0.05, 0) is 17.7 Å². The fourth-order valence-corrected chi connectivity index (χ4v) is 2.50. The fourth-order valence-electron chi connectivity index (χ4n) is 2.50. The minimum Gasteiger partial charge on any atom is -0.492 e. The van der Waals surface area contributed by atoms with Crippen molar-refractivity contribution in [3.05, 3.63) is 42.2 Å². The Bertz CT molecular complexity index is 464. The van der Waals surface area contributed by atoms with Gasteiger partial charge in [0.25, 0.3) is 0 Å². The quantitative estimate of drug-likeness (QED) is 0.679. The molecule has 0 radical (unpaired) electrons. The first-order valence-electron chi connectivity index (χ1n) is 7.82. The number of hydrogen-bond acceptors (Lipinski definition) is 6. The Morgan fingerprint density at radius 2 is 1.86 bits per heavy atom. The van der Waals surface area contributed by atoms with Gasteiger partial charge >= 0.3 is 0 Å². The summed E-state index contributed by atoms with van der Waals surface area (Å²) in [5, 5.41) is 9.67. The molecule has 6 nitrogen and oxygen atoms in total. The molecule has 0 bridgehead atoms. The fraction of sp³-hybridized carbons (Fsp3) is 0.500. The second kappa shape index (κ2) is 8.03. The Morgan fingerprint density at radius 3 is 2.59 bits per heavy atom. The van der Waals surface area contributed by atoms with Crippen LogP contribution in [0.3, 0.4) is 0 Å². The second-order valence-electron chi connectivity index (χ2n) is 5.43. The average Bonchev–Trinajstić information content (AvgIpc) is 3.09. The van der Waals surface area contributed by atoms with Crippen molar-refractivity contribution in [2.75, 3.05) is 39.5 Å². The van der Waals surface area contributed by atoms with E-state index in [0.29, 0.717) is 0 Å². The summed E-state index contributed by atoms with van der Waals surface area (Å²) in [6, 6.07) is 8.26. The maximum absolute atomic E-state index is 5.80. The van der Waals surface area contributed by atoms with Crippen LogP contribution >= 0.6 is 0 Å². The summed E-state index contributed by atoms with van der Waals surface area (Å²) in [5.74, 6) is 0.927. The maximum atomic E-state index is 5.80. The summed E-state index contributed by atoms with van der Waals surface area (Å²) in [4.78, 5) is 2.37. The van der Waals surface area contributed by atoms with Crippen molar-refractivity contribution in [3.63, 3.8) is 0 Å². The average molecular weight is 304 g/mol. The molecule has 0 aliphatic carbocycles. The number of nitrogens with zero attached hydrogens (tertiary/aromatic N) is 1. The van der Waals surface area contributed by atoms with E-state index in [1.165, 1.54) is 5.56 Å². The number of hydrogen-bond donors (Lipinski definition) is 3. The largest absolute Gasteiger partial charge is 0.492 e. The highest BCUT2D eigenvalue weighted by Crippen LogP contribution is 2.12. The van der Waals surface area contributed by atoms with Crippen molar-refractivity contribution < 1.29 is 9.47 Å². The Morgan fingerprint density at radius 1 is 1.14 bits per heavy atom. The van der Waals surface area contributed by atoms with Crippen LogP contribution in [0.4, 0.5) is 0 Å². The molecule has 1 aromatic rings. The molecule has 1 saturated heterocycles. The normalized spacial score (nSPS) is 18.9. The van der Waals surface area contributed by atoms with Gasteiger partial charge in [-0.2, -0.15) is 0 Å². The molecule has 6 heteroatoms. The third-order valence-corrected chi connectivity index (χ3v) is 3.82. The smallest absolute Gasteiger partial charge is 0.152 e. The van der Waals surface area contributed by atoms with Gasteiger partial charge in [0, 0.05) is 38.6 Å². The molecule has 0 atom stereocenters. The molecule has 3 N–H and O–H groups in total. The van der Waals surface area contributed by atoms with E-state index in [2.05, 4.69) is 33.0 Å². The minimum absolute atomic E-state index is 0.115. The molecule has 2 aliphatic heterocycles. The molecule has 1 fully saturated rings. The monoisotopic (exact) mass is 304 g/mol. The number of benzene rings is 1. The van der Waals surface area contributed by atoms with Gasteiger partial charge in [-0.3, -0.25) is 10.2 Å². The van der Waals surface area contributed by atoms with Gasteiger partial charge in [-0.25, -0.2) is 0 Å². The van der Waals surface area contributed by atoms with Crippen molar-refractivity contribution in [2.45, 2.75) is 12.8 Å². The van der Waals surface area contributed by atoms with Gasteiger partial charge in [-0.1, -0.05) is 12.1 Å². The molecule has 120 valence electrons. The van der Waals surface area contributed by atoms with Gasteiger partial charge in [0.05, 0.1) is 13.2 Å². The predicted octanol–water partition coefficient (Wildman–Crippen LogP) is 0.435. The van der Waals surface area contributed by atoms with E-state index in [0.717, 1.165) is 51.7 Å².